The van der Waals surface area contributed by atoms with Gasteiger partial charge in [-0.25, -0.2) is 0 Å². The minimum absolute atomic E-state index is 0.583. The molecule has 1 fully saturated rings. The topological polar surface area (TPSA) is 9.23 Å². The predicted molar refractivity (Wildman–Crippen MR) is 31.6 cm³/mol. The van der Waals surface area contributed by atoms with E-state index in [2.05, 4.69) is 12.2 Å². The molecule has 2 rings (SSSR count). The van der Waals surface area contributed by atoms with E-state index in [4.69, 9.17) is 4.74 Å². The highest BCUT2D eigenvalue weighted by Gasteiger charge is 2.38. The molecule has 0 aromatic heterocycles. The van der Waals surface area contributed by atoms with Crippen molar-refractivity contribution in [3.8, 4) is 0 Å². The van der Waals surface area contributed by atoms with Gasteiger partial charge in [-0.3, -0.25) is 0 Å². The molecular weight excluding hydrogens is 100 g/mol. The van der Waals surface area contributed by atoms with E-state index in [0.717, 1.165) is 13.2 Å². The zero-order valence-electron chi connectivity index (χ0n) is 4.89. The van der Waals surface area contributed by atoms with E-state index >= 15 is 0 Å². The summed E-state index contributed by atoms with van der Waals surface area (Å²) in [5.41, 5.74) is 0.583. The Morgan fingerprint density at radius 1 is 1.12 bits per heavy atom. The lowest BCUT2D eigenvalue weighted by atomic mass is 9.84. The first kappa shape index (κ1) is 4.57. The van der Waals surface area contributed by atoms with Crippen LogP contribution in [0, 0.1) is 5.41 Å². The zero-order chi connectivity index (χ0) is 5.45. The Kier molecular flexibility index (Phi) is 0.770. The van der Waals surface area contributed by atoms with E-state index < -0.39 is 0 Å². The molecule has 0 N–H and O–H groups in total. The Morgan fingerprint density at radius 2 is 1.75 bits per heavy atom. The summed E-state index contributed by atoms with van der Waals surface area (Å²) < 4.78 is 5.12. The lowest BCUT2D eigenvalue weighted by Gasteiger charge is -2.37. The van der Waals surface area contributed by atoms with Crippen molar-refractivity contribution in [3.63, 3.8) is 0 Å². The van der Waals surface area contributed by atoms with Crippen LogP contribution in [0.2, 0.25) is 0 Å². The molecule has 44 valence electrons. The fourth-order valence-corrected chi connectivity index (χ4v) is 1.38. The Labute approximate surface area is 49.3 Å². The fourth-order valence-electron chi connectivity index (χ4n) is 1.38. The van der Waals surface area contributed by atoms with Gasteiger partial charge in [0.05, 0.1) is 13.2 Å². The summed E-state index contributed by atoms with van der Waals surface area (Å²) in [6.45, 7) is 2.00. The van der Waals surface area contributed by atoms with Crippen LogP contribution >= 0.6 is 0 Å². The summed E-state index contributed by atoms with van der Waals surface area (Å²) in [5, 5.41) is 0. The van der Waals surface area contributed by atoms with E-state index in [0.29, 0.717) is 5.41 Å². The first-order chi connectivity index (χ1) is 3.91. The van der Waals surface area contributed by atoms with Gasteiger partial charge in [0.2, 0.25) is 0 Å². The van der Waals surface area contributed by atoms with Crippen LogP contribution in [-0.2, 0) is 4.74 Å². The van der Waals surface area contributed by atoms with Gasteiger partial charge in [-0.15, -0.1) is 0 Å². The predicted octanol–water partition coefficient (Wildman–Crippen LogP) is 1.35. The van der Waals surface area contributed by atoms with Crippen molar-refractivity contribution in [2.45, 2.75) is 12.8 Å². The molecule has 1 saturated heterocycles. The average Bonchev–Trinajstić information content (AvgIpc) is 2.07. The second-order valence-electron chi connectivity index (χ2n) is 2.87. The van der Waals surface area contributed by atoms with Crippen molar-refractivity contribution in [3.05, 3.63) is 12.2 Å². The third-order valence-corrected chi connectivity index (χ3v) is 2.08. The molecule has 0 amide bonds. The number of allylic oxidation sites excluding steroid dienone is 2. The van der Waals surface area contributed by atoms with E-state index in [1.807, 2.05) is 0 Å². The first-order valence-electron chi connectivity index (χ1n) is 3.14. The minimum atomic E-state index is 0.583. The van der Waals surface area contributed by atoms with Crippen LogP contribution in [0.5, 0.6) is 0 Å². The highest BCUT2D eigenvalue weighted by Crippen LogP contribution is 2.39. The van der Waals surface area contributed by atoms with Gasteiger partial charge in [-0.2, -0.15) is 0 Å². The van der Waals surface area contributed by atoms with Crippen LogP contribution in [0.4, 0.5) is 0 Å². The second-order valence-corrected chi connectivity index (χ2v) is 2.87. The van der Waals surface area contributed by atoms with Crippen molar-refractivity contribution < 1.29 is 4.74 Å². The smallest absolute Gasteiger partial charge is 0.0550 e. The Balaban J connectivity index is 2.06. The summed E-state index contributed by atoms with van der Waals surface area (Å²) in [6.07, 6.45) is 7.05. The highest BCUT2D eigenvalue weighted by atomic mass is 16.5. The average molecular weight is 110 g/mol. The van der Waals surface area contributed by atoms with Crippen molar-refractivity contribution in [2.75, 3.05) is 13.2 Å². The molecule has 1 nitrogen and oxygen atoms in total. The summed E-state index contributed by atoms with van der Waals surface area (Å²) in [7, 11) is 0. The molecule has 0 atom stereocenters. The van der Waals surface area contributed by atoms with Gasteiger partial charge >= 0.3 is 0 Å². The lowest BCUT2D eigenvalue weighted by Crippen LogP contribution is -2.39. The molecule has 8 heavy (non-hydrogen) atoms. The molecule has 0 unspecified atom stereocenters. The number of ether oxygens (including phenoxy) is 1. The van der Waals surface area contributed by atoms with Gasteiger partial charge in [-0.05, 0) is 12.8 Å². The number of hydrogen-bond acceptors (Lipinski definition) is 1. The van der Waals surface area contributed by atoms with Gasteiger partial charge in [-0.1, -0.05) is 12.2 Å². The standard InChI is InChI=1S/C7H10O/c1-2-4-7(3-1)5-8-6-7/h1-2H,3-6H2. The number of rotatable bonds is 0. The quantitative estimate of drug-likeness (QED) is 0.428. The maximum Gasteiger partial charge on any atom is 0.0550 e. The molecule has 0 bridgehead atoms. The van der Waals surface area contributed by atoms with Gasteiger partial charge in [0.25, 0.3) is 0 Å². The van der Waals surface area contributed by atoms with E-state index in [-0.39, 0.29) is 0 Å². The van der Waals surface area contributed by atoms with Crippen molar-refractivity contribution in [1.82, 2.24) is 0 Å². The second kappa shape index (κ2) is 1.35. The molecule has 0 aromatic carbocycles. The molecule has 1 aliphatic carbocycles. The van der Waals surface area contributed by atoms with Crippen molar-refractivity contribution >= 4 is 0 Å². The lowest BCUT2D eigenvalue weighted by molar-refractivity contribution is -0.104. The van der Waals surface area contributed by atoms with E-state index in [1.54, 1.807) is 0 Å². The highest BCUT2D eigenvalue weighted by molar-refractivity contribution is 5.05. The van der Waals surface area contributed by atoms with Gasteiger partial charge in [0.15, 0.2) is 0 Å². The Morgan fingerprint density at radius 3 is 2.00 bits per heavy atom. The summed E-state index contributed by atoms with van der Waals surface area (Å²) in [5.74, 6) is 0. The van der Waals surface area contributed by atoms with Gasteiger partial charge in [0, 0.05) is 5.41 Å². The molecular formula is C7H10O. The van der Waals surface area contributed by atoms with Crippen molar-refractivity contribution in [2.24, 2.45) is 5.41 Å². The van der Waals surface area contributed by atoms with Crippen LogP contribution in [-0.4, -0.2) is 13.2 Å². The molecule has 0 saturated carbocycles. The van der Waals surface area contributed by atoms with Crippen molar-refractivity contribution in [1.29, 1.82) is 0 Å². The van der Waals surface area contributed by atoms with E-state index in [9.17, 15) is 0 Å². The molecule has 0 radical (unpaired) electrons. The molecule has 1 spiro atoms. The van der Waals surface area contributed by atoms with Gasteiger partial charge in [0.1, 0.15) is 0 Å². The third kappa shape index (κ3) is 0.451. The summed E-state index contributed by atoms with van der Waals surface area (Å²) in [6, 6.07) is 0. The molecule has 0 aromatic rings. The molecule has 1 heteroatoms. The maximum atomic E-state index is 5.12. The molecule has 1 heterocycles. The van der Waals surface area contributed by atoms with Gasteiger partial charge < -0.3 is 4.74 Å². The molecule has 1 aliphatic heterocycles. The molecule has 2 aliphatic rings. The zero-order valence-corrected chi connectivity index (χ0v) is 4.89. The van der Waals surface area contributed by atoms with Crippen LogP contribution in [0.25, 0.3) is 0 Å². The van der Waals surface area contributed by atoms with Crippen LogP contribution < -0.4 is 0 Å². The largest absolute Gasteiger partial charge is 0.380 e. The maximum absolute atomic E-state index is 5.12. The van der Waals surface area contributed by atoms with E-state index in [1.165, 1.54) is 12.8 Å². The normalized spacial score (nSPS) is 31.0. The summed E-state index contributed by atoms with van der Waals surface area (Å²) >= 11 is 0. The number of hydrogen-bond donors (Lipinski definition) is 0. The Hall–Kier alpha value is -0.300. The summed E-state index contributed by atoms with van der Waals surface area (Å²) in [4.78, 5) is 0. The Bertz CT molecular complexity index is 112. The van der Waals surface area contributed by atoms with Crippen LogP contribution in [0.3, 0.4) is 0 Å². The minimum Gasteiger partial charge on any atom is -0.380 e. The first-order valence-corrected chi connectivity index (χ1v) is 3.14. The SMILES string of the molecule is C1=CCC2(C1)COC2. The fraction of sp³-hybridized carbons (Fsp3) is 0.714. The monoisotopic (exact) mass is 110 g/mol. The third-order valence-electron chi connectivity index (χ3n) is 2.08. The van der Waals surface area contributed by atoms with Crippen LogP contribution in [0.1, 0.15) is 12.8 Å². The van der Waals surface area contributed by atoms with Crippen LogP contribution in [0.15, 0.2) is 12.2 Å².